The number of rotatable bonds is 4. The Morgan fingerprint density at radius 1 is 1.38 bits per heavy atom. The molecular formula is C13H13BrN2O5. The SMILES string of the molecule is O=C(N[C@H]1CC[C@@H](C(=O)O)C1)c1cccc([N+](=O)[O-])c1Br. The molecule has 0 unspecified atom stereocenters. The van der Waals surface area contributed by atoms with Gasteiger partial charge >= 0.3 is 5.97 Å². The monoisotopic (exact) mass is 356 g/mol. The first kappa shape index (κ1) is 15.4. The van der Waals surface area contributed by atoms with Crippen LogP contribution in [0.3, 0.4) is 0 Å². The van der Waals surface area contributed by atoms with Gasteiger partial charge in [0.25, 0.3) is 11.6 Å². The third-order valence-corrected chi connectivity index (χ3v) is 4.37. The van der Waals surface area contributed by atoms with Crippen molar-refractivity contribution in [2.24, 2.45) is 5.92 Å². The summed E-state index contributed by atoms with van der Waals surface area (Å²) in [4.78, 5) is 33.3. The fourth-order valence-corrected chi connectivity index (χ4v) is 3.03. The minimum atomic E-state index is -0.858. The molecule has 0 heterocycles. The maximum absolute atomic E-state index is 12.2. The van der Waals surface area contributed by atoms with Gasteiger partial charge in [-0.25, -0.2) is 0 Å². The Balaban J connectivity index is 2.10. The summed E-state index contributed by atoms with van der Waals surface area (Å²) >= 11 is 3.07. The van der Waals surface area contributed by atoms with Crippen LogP contribution in [0.4, 0.5) is 5.69 Å². The van der Waals surface area contributed by atoms with E-state index in [1.807, 2.05) is 0 Å². The van der Waals surface area contributed by atoms with Gasteiger partial charge in [-0.15, -0.1) is 0 Å². The molecule has 0 saturated heterocycles. The van der Waals surface area contributed by atoms with Crippen LogP contribution < -0.4 is 5.32 Å². The minimum absolute atomic E-state index is 0.125. The van der Waals surface area contributed by atoms with Gasteiger partial charge in [0.05, 0.1) is 16.4 Å². The van der Waals surface area contributed by atoms with Crippen molar-refractivity contribution in [1.29, 1.82) is 0 Å². The minimum Gasteiger partial charge on any atom is -0.481 e. The van der Waals surface area contributed by atoms with E-state index < -0.39 is 22.7 Å². The molecular weight excluding hydrogens is 344 g/mol. The predicted octanol–water partition coefficient (Wildman–Crippen LogP) is 2.34. The Hall–Kier alpha value is -1.96. The number of aliphatic carboxylic acids is 1. The molecule has 1 aliphatic rings. The lowest BCUT2D eigenvalue weighted by molar-refractivity contribution is -0.385. The van der Waals surface area contributed by atoms with E-state index in [2.05, 4.69) is 21.2 Å². The zero-order valence-electron chi connectivity index (χ0n) is 10.9. The van der Waals surface area contributed by atoms with Gasteiger partial charge in [0.1, 0.15) is 4.47 Å². The molecule has 8 heteroatoms. The van der Waals surface area contributed by atoms with Crippen LogP contribution in [-0.2, 0) is 4.79 Å². The number of hydrogen-bond acceptors (Lipinski definition) is 4. The molecule has 2 rings (SSSR count). The molecule has 0 spiro atoms. The molecule has 1 fully saturated rings. The number of nitro benzene ring substituents is 1. The Morgan fingerprint density at radius 3 is 2.67 bits per heavy atom. The molecule has 1 saturated carbocycles. The van der Waals surface area contributed by atoms with Gasteiger partial charge in [-0.3, -0.25) is 19.7 Å². The van der Waals surface area contributed by atoms with Gasteiger partial charge in [0.15, 0.2) is 0 Å². The summed E-state index contributed by atoms with van der Waals surface area (Å²) in [5, 5.41) is 22.5. The summed E-state index contributed by atoms with van der Waals surface area (Å²) < 4.78 is 0.125. The second-order valence-corrected chi connectivity index (χ2v) is 5.71. The number of amides is 1. The summed E-state index contributed by atoms with van der Waals surface area (Å²) in [5.74, 6) is -1.74. The van der Waals surface area contributed by atoms with Gasteiger partial charge in [-0.05, 0) is 41.3 Å². The van der Waals surface area contributed by atoms with E-state index in [1.54, 1.807) is 0 Å². The van der Waals surface area contributed by atoms with Crippen molar-refractivity contribution in [1.82, 2.24) is 5.32 Å². The van der Waals surface area contributed by atoms with E-state index in [9.17, 15) is 19.7 Å². The number of nitro groups is 1. The van der Waals surface area contributed by atoms with E-state index in [0.717, 1.165) is 0 Å². The number of nitrogens with one attached hydrogen (secondary N) is 1. The number of carbonyl (C=O) groups is 2. The Kier molecular flexibility index (Phi) is 4.56. The highest BCUT2D eigenvalue weighted by Gasteiger charge is 2.31. The zero-order valence-corrected chi connectivity index (χ0v) is 12.5. The highest BCUT2D eigenvalue weighted by Crippen LogP contribution is 2.29. The number of hydrogen-bond donors (Lipinski definition) is 2. The molecule has 1 aliphatic carbocycles. The molecule has 2 atom stereocenters. The Morgan fingerprint density at radius 2 is 2.10 bits per heavy atom. The van der Waals surface area contributed by atoms with Crippen molar-refractivity contribution in [2.45, 2.75) is 25.3 Å². The van der Waals surface area contributed by atoms with Crippen LogP contribution in [0.1, 0.15) is 29.6 Å². The molecule has 1 aromatic carbocycles. The van der Waals surface area contributed by atoms with Crippen LogP contribution in [0.25, 0.3) is 0 Å². The van der Waals surface area contributed by atoms with Crippen molar-refractivity contribution >= 4 is 33.5 Å². The summed E-state index contributed by atoms with van der Waals surface area (Å²) in [6, 6.07) is 4.00. The van der Waals surface area contributed by atoms with Crippen LogP contribution in [0, 0.1) is 16.0 Å². The molecule has 0 aliphatic heterocycles. The lowest BCUT2D eigenvalue weighted by atomic mass is 10.1. The number of carboxylic acid groups (broad SMARTS) is 1. The summed E-state index contributed by atoms with van der Waals surface area (Å²) in [5.41, 5.74) is -0.0135. The standard InChI is InChI=1S/C13H13BrN2O5/c14-11-9(2-1-3-10(11)16(20)21)12(17)15-8-5-4-7(6-8)13(18)19/h1-3,7-8H,4-6H2,(H,15,17)(H,18,19)/t7-,8+/m1/s1. The summed E-state index contributed by atoms with van der Waals surface area (Å²) in [6.45, 7) is 0. The molecule has 7 nitrogen and oxygen atoms in total. The molecule has 112 valence electrons. The molecule has 0 bridgehead atoms. The summed E-state index contributed by atoms with van der Waals surface area (Å²) in [6.07, 6.45) is 1.50. The van der Waals surface area contributed by atoms with Crippen molar-refractivity contribution in [3.8, 4) is 0 Å². The highest BCUT2D eigenvalue weighted by molar-refractivity contribution is 9.10. The fourth-order valence-electron chi connectivity index (χ4n) is 2.44. The quantitative estimate of drug-likeness (QED) is 0.635. The molecule has 1 amide bonds. The first-order valence-corrected chi connectivity index (χ1v) is 7.16. The smallest absolute Gasteiger partial charge is 0.306 e. The van der Waals surface area contributed by atoms with E-state index >= 15 is 0 Å². The van der Waals surface area contributed by atoms with E-state index in [4.69, 9.17) is 5.11 Å². The predicted molar refractivity (Wildman–Crippen MR) is 77.0 cm³/mol. The van der Waals surface area contributed by atoms with Crippen LogP contribution >= 0.6 is 15.9 Å². The first-order chi connectivity index (χ1) is 9.90. The van der Waals surface area contributed by atoms with Gasteiger partial charge in [-0.1, -0.05) is 6.07 Å². The Bertz CT molecular complexity index is 604. The number of carbonyl (C=O) groups excluding carboxylic acids is 1. The highest BCUT2D eigenvalue weighted by atomic mass is 79.9. The van der Waals surface area contributed by atoms with Crippen LogP contribution in [0.2, 0.25) is 0 Å². The van der Waals surface area contributed by atoms with Crippen molar-refractivity contribution in [3.05, 3.63) is 38.3 Å². The van der Waals surface area contributed by atoms with Crippen LogP contribution in [0.15, 0.2) is 22.7 Å². The van der Waals surface area contributed by atoms with Gasteiger partial charge < -0.3 is 10.4 Å². The third kappa shape index (κ3) is 3.38. The van der Waals surface area contributed by atoms with E-state index in [1.165, 1.54) is 18.2 Å². The van der Waals surface area contributed by atoms with Crippen molar-refractivity contribution in [2.75, 3.05) is 0 Å². The Labute approximate surface area is 128 Å². The molecule has 2 N–H and O–H groups in total. The largest absolute Gasteiger partial charge is 0.481 e. The number of benzene rings is 1. The summed E-state index contributed by atoms with van der Waals surface area (Å²) in [7, 11) is 0. The zero-order chi connectivity index (χ0) is 15.6. The number of nitrogens with zero attached hydrogens (tertiary/aromatic N) is 1. The molecule has 1 aromatic rings. The van der Waals surface area contributed by atoms with E-state index in [-0.39, 0.29) is 21.8 Å². The second kappa shape index (κ2) is 6.21. The number of carboxylic acids is 1. The van der Waals surface area contributed by atoms with Gasteiger partial charge in [0.2, 0.25) is 0 Å². The maximum Gasteiger partial charge on any atom is 0.306 e. The third-order valence-electron chi connectivity index (χ3n) is 3.54. The van der Waals surface area contributed by atoms with Gasteiger partial charge in [-0.2, -0.15) is 0 Å². The lowest BCUT2D eigenvalue weighted by Crippen LogP contribution is -2.33. The average Bonchev–Trinajstić information content (AvgIpc) is 2.87. The fraction of sp³-hybridized carbons (Fsp3) is 0.385. The van der Waals surface area contributed by atoms with Gasteiger partial charge in [0, 0.05) is 12.1 Å². The van der Waals surface area contributed by atoms with Crippen molar-refractivity contribution < 1.29 is 19.6 Å². The average molecular weight is 357 g/mol. The maximum atomic E-state index is 12.2. The van der Waals surface area contributed by atoms with Crippen LogP contribution in [-0.4, -0.2) is 27.9 Å². The normalized spacial score (nSPS) is 21.0. The number of halogens is 1. The first-order valence-electron chi connectivity index (χ1n) is 6.36. The molecule has 21 heavy (non-hydrogen) atoms. The molecule has 0 radical (unpaired) electrons. The second-order valence-electron chi connectivity index (χ2n) is 4.91. The lowest BCUT2D eigenvalue weighted by Gasteiger charge is -2.13. The van der Waals surface area contributed by atoms with Crippen molar-refractivity contribution in [3.63, 3.8) is 0 Å². The molecule has 0 aromatic heterocycles. The topological polar surface area (TPSA) is 110 Å². The van der Waals surface area contributed by atoms with Crippen LogP contribution in [0.5, 0.6) is 0 Å². The van der Waals surface area contributed by atoms with E-state index in [0.29, 0.717) is 19.3 Å².